The van der Waals surface area contributed by atoms with Crippen molar-refractivity contribution in [1.82, 2.24) is 9.55 Å². The van der Waals surface area contributed by atoms with Gasteiger partial charge in [0.05, 0.1) is 6.54 Å². The van der Waals surface area contributed by atoms with Crippen LogP contribution in [0.4, 0.5) is 5.69 Å². The maximum atomic E-state index is 11.0. The molecule has 0 aliphatic rings. The number of hydrogen-bond donors (Lipinski definition) is 2. The summed E-state index contributed by atoms with van der Waals surface area (Å²) in [5, 5.41) is 12.8. The third-order valence-corrected chi connectivity index (χ3v) is 3.30. The minimum Gasteiger partial charge on any atom is -0.491 e. The van der Waals surface area contributed by atoms with Gasteiger partial charge in [0.25, 0.3) is 0 Å². The smallest absolute Gasteiger partial charge is 0.221 e. The van der Waals surface area contributed by atoms with Crippen LogP contribution < -0.4 is 10.1 Å². The number of imidazole rings is 1. The zero-order valence-corrected chi connectivity index (χ0v) is 13.5. The first-order valence-electron chi connectivity index (χ1n) is 7.77. The summed E-state index contributed by atoms with van der Waals surface area (Å²) in [6.45, 7) is 4.22. The lowest BCUT2D eigenvalue weighted by atomic mass is 10.3. The Kier molecular flexibility index (Phi) is 6.17. The number of benzene rings is 1. The van der Waals surface area contributed by atoms with Gasteiger partial charge in [0.15, 0.2) is 0 Å². The first-order chi connectivity index (χ1) is 11.1. The fourth-order valence-electron chi connectivity index (χ4n) is 2.27. The van der Waals surface area contributed by atoms with Crippen LogP contribution in [0.5, 0.6) is 5.75 Å². The predicted octanol–water partition coefficient (Wildman–Crippen LogP) is 2.23. The Morgan fingerprint density at radius 1 is 1.39 bits per heavy atom. The van der Waals surface area contributed by atoms with Crippen molar-refractivity contribution >= 4 is 11.6 Å². The average Bonchev–Trinajstić information content (AvgIpc) is 2.93. The van der Waals surface area contributed by atoms with Gasteiger partial charge in [-0.1, -0.05) is 6.92 Å². The van der Waals surface area contributed by atoms with Crippen molar-refractivity contribution in [3.8, 4) is 5.75 Å². The van der Waals surface area contributed by atoms with E-state index in [0.717, 1.165) is 18.7 Å². The highest BCUT2D eigenvalue weighted by molar-refractivity contribution is 5.88. The van der Waals surface area contributed by atoms with E-state index in [1.165, 1.54) is 6.92 Å². The van der Waals surface area contributed by atoms with Gasteiger partial charge in [-0.2, -0.15) is 0 Å². The molecule has 2 rings (SSSR count). The number of ether oxygens (including phenoxy) is 1. The summed E-state index contributed by atoms with van der Waals surface area (Å²) in [4.78, 5) is 15.2. The fourth-order valence-corrected chi connectivity index (χ4v) is 2.27. The van der Waals surface area contributed by atoms with Crippen molar-refractivity contribution in [2.75, 3.05) is 11.9 Å². The highest BCUT2D eigenvalue weighted by atomic mass is 16.5. The molecule has 1 aromatic carbocycles. The number of aryl methyl sites for hydroxylation is 1. The van der Waals surface area contributed by atoms with Crippen LogP contribution in [0.15, 0.2) is 36.7 Å². The Morgan fingerprint density at radius 3 is 2.78 bits per heavy atom. The van der Waals surface area contributed by atoms with E-state index < -0.39 is 6.10 Å². The topological polar surface area (TPSA) is 76.4 Å². The third kappa shape index (κ3) is 5.41. The second kappa shape index (κ2) is 8.33. The van der Waals surface area contributed by atoms with Crippen LogP contribution in [0.25, 0.3) is 0 Å². The van der Waals surface area contributed by atoms with Gasteiger partial charge in [0.2, 0.25) is 5.91 Å². The molecule has 6 heteroatoms. The molecule has 0 bridgehead atoms. The molecular weight excluding hydrogens is 294 g/mol. The summed E-state index contributed by atoms with van der Waals surface area (Å²) in [5.41, 5.74) is 0.716. The molecule has 0 spiro atoms. The normalized spacial score (nSPS) is 12.0. The number of aromatic nitrogens is 2. The molecule has 0 aliphatic heterocycles. The molecule has 1 heterocycles. The maximum absolute atomic E-state index is 11.0. The summed E-state index contributed by atoms with van der Waals surface area (Å²) >= 11 is 0. The molecule has 0 aliphatic carbocycles. The number of hydrogen-bond acceptors (Lipinski definition) is 4. The number of carbonyl (C=O) groups is 1. The zero-order chi connectivity index (χ0) is 16.7. The number of rotatable bonds is 8. The molecule has 124 valence electrons. The minimum absolute atomic E-state index is 0.114. The van der Waals surface area contributed by atoms with E-state index in [1.54, 1.807) is 30.5 Å². The van der Waals surface area contributed by atoms with Gasteiger partial charge >= 0.3 is 0 Å². The summed E-state index contributed by atoms with van der Waals surface area (Å²) in [6.07, 6.45) is 4.92. The van der Waals surface area contributed by atoms with E-state index >= 15 is 0 Å². The van der Waals surface area contributed by atoms with Crippen LogP contribution in [0.2, 0.25) is 0 Å². The molecular formula is C17H23N3O3. The highest BCUT2D eigenvalue weighted by Crippen LogP contribution is 2.16. The van der Waals surface area contributed by atoms with Crippen LogP contribution in [-0.4, -0.2) is 33.3 Å². The van der Waals surface area contributed by atoms with Gasteiger partial charge in [-0.15, -0.1) is 0 Å². The monoisotopic (exact) mass is 317 g/mol. The van der Waals surface area contributed by atoms with Crippen LogP contribution in [0.1, 0.15) is 26.1 Å². The average molecular weight is 317 g/mol. The number of anilines is 1. The van der Waals surface area contributed by atoms with Gasteiger partial charge in [-0.25, -0.2) is 4.98 Å². The Hall–Kier alpha value is -2.34. The molecule has 0 fully saturated rings. The van der Waals surface area contributed by atoms with Crippen molar-refractivity contribution in [2.24, 2.45) is 0 Å². The van der Waals surface area contributed by atoms with Crippen LogP contribution in [0, 0.1) is 0 Å². The quantitative estimate of drug-likeness (QED) is 0.783. The van der Waals surface area contributed by atoms with Gasteiger partial charge in [-0.3, -0.25) is 4.79 Å². The van der Waals surface area contributed by atoms with E-state index in [2.05, 4.69) is 17.2 Å². The third-order valence-electron chi connectivity index (χ3n) is 3.30. The van der Waals surface area contributed by atoms with E-state index in [0.29, 0.717) is 18.0 Å². The molecule has 0 saturated carbocycles. The van der Waals surface area contributed by atoms with Crippen LogP contribution >= 0.6 is 0 Å². The Morgan fingerprint density at radius 2 is 2.13 bits per heavy atom. The molecule has 2 aromatic rings. The van der Waals surface area contributed by atoms with E-state index in [9.17, 15) is 9.90 Å². The lowest BCUT2D eigenvalue weighted by molar-refractivity contribution is -0.114. The molecule has 1 atom stereocenters. The van der Waals surface area contributed by atoms with E-state index in [1.807, 2.05) is 10.8 Å². The van der Waals surface area contributed by atoms with Crippen molar-refractivity contribution in [1.29, 1.82) is 0 Å². The molecule has 23 heavy (non-hydrogen) atoms. The van der Waals surface area contributed by atoms with Crippen molar-refractivity contribution in [2.45, 2.75) is 39.3 Å². The zero-order valence-electron chi connectivity index (χ0n) is 13.5. The number of aliphatic hydroxyl groups excluding tert-OH is 1. The molecule has 2 N–H and O–H groups in total. The predicted molar refractivity (Wildman–Crippen MR) is 88.5 cm³/mol. The molecule has 1 amide bonds. The number of aliphatic hydroxyl groups is 1. The molecule has 1 aromatic heterocycles. The van der Waals surface area contributed by atoms with Gasteiger partial charge in [-0.05, 0) is 30.7 Å². The second-order valence-electron chi connectivity index (χ2n) is 5.42. The molecule has 0 saturated heterocycles. The summed E-state index contributed by atoms with van der Waals surface area (Å²) in [7, 11) is 0. The first kappa shape index (κ1) is 17.0. The number of amides is 1. The fraction of sp³-hybridized carbons (Fsp3) is 0.412. The molecule has 0 radical (unpaired) electrons. The molecule has 0 unspecified atom stereocenters. The minimum atomic E-state index is -0.616. The number of carbonyl (C=O) groups excluding carboxylic acids is 1. The summed E-state index contributed by atoms with van der Waals surface area (Å²) in [5.74, 6) is 1.51. The Labute approximate surface area is 136 Å². The van der Waals surface area contributed by atoms with Gasteiger partial charge < -0.3 is 19.7 Å². The SMILES string of the molecule is CCCc1nccn1C[C@@H](O)COc1ccc(NC(C)=O)cc1. The van der Waals surface area contributed by atoms with E-state index in [-0.39, 0.29) is 12.5 Å². The first-order valence-corrected chi connectivity index (χ1v) is 7.77. The lowest BCUT2D eigenvalue weighted by Gasteiger charge is -2.15. The highest BCUT2D eigenvalue weighted by Gasteiger charge is 2.09. The number of nitrogens with one attached hydrogen (secondary N) is 1. The Bertz CT molecular complexity index is 622. The Balaban J connectivity index is 1.82. The van der Waals surface area contributed by atoms with E-state index in [4.69, 9.17) is 4.74 Å². The standard InChI is InChI=1S/C17H23N3O3/c1-3-4-17-18-9-10-20(17)11-15(22)12-23-16-7-5-14(6-8-16)19-13(2)21/h5-10,15,22H,3-4,11-12H2,1-2H3,(H,19,21)/t15-/m1/s1. The van der Waals surface area contributed by atoms with Gasteiger partial charge in [0.1, 0.15) is 24.3 Å². The van der Waals surface area contributed by atoms with Crippen molar-refractivity contribution < 1.29 is 14.6 Å². The van der Waals surface area contributed by atoms with Crippen molar-refractivity contribution in [3.63, 3.8) is 0 Å². The van der Waals surface area contributed by atoms with Crippen LogP contribution in [0.3, 0.4) is 0 Å². The number of nitrogens with zero attached hydrogens (tertiary/aromatic N) is 2. The summed E-state index contributed by atoms with van der Waals surface area (Å²) < 4.78 is 7.54. The van der Waals surface area contributed by atoms with Crippen LogP contribution in [-0.2, 0) is 17.8 Å². The summed E-state index contributed by atoms with van der Waals surface area (Å²) in [6, 6.07) is 7.05. The second-order valence-corrected chi connectivity index (χ2v) is 5.42. The largest absolute Gasteiger partial charge is 0.491 e. The van der Waals surface area contributed by atoms with Gasteiger partial charge in [0, 0.05) is 31.4 Å². The molecule has 6 nitrogen and oxygen atoms in total. The lowest BCUT2D eigenvalue weighted by Crippen LogP contribution is -2.24. The maximum Gasteiger partial charge on any atom is 0.221 e. The van der Waals surface area contributed by atoms with Crippen molar-refractivity contribution in [3.05, 3.63) is 42.5 Å².